The van der Waals surface area contributed by atoms with Gasteiger partial charge in [0.1, 0.15) is 17.1 Å². The molecule has 0 radical (unpaired) electrons. The van der Waals surface area contributed by atoms with Crippen LogP contribution >= 0.6 is 11.6 Å². The number of rotatable bonds is 1. The van der Waals surface area contributed by atoms with E-state index in [2.05, 4.69) is 16.5 Å². The van der Waals surface area contributed by atoms with Crippen molar-refractivity contribution in [2.45, 2.75) is 26.4 Å². The van der Waals surface area contributed by atoms with Gasteiger partial charge in [-0.1, -0.05) is 36.4 Å². The maximum atomic E-state index is 12.7. The fourth-order valence-corrected chi connectivity index (χ4v) is 2.67. The van der Waals surface area contributed by atoms with E-state index >= 15 is 0 Å². The number of ether oxygens (including phenoxy) is 1. The lowest BCUT2D eigenvalue weighted by Crippen LogP contribution is -2.27. The monoisotopic (exact) mass is 329 g/mol. The van der Waals surface area contributed by atoms with Crippen molar-refractivity contribution in [2.75, 3.05) is 0 Å². The van der Waals surface area contributed by atoms with E-state index in [0.717, 1.165) is 10.9 Å². The molecule has 0 amide bonds. The Bertz CT molecular complexity index is 938. The fraction of sp³-hybridized carbons (Fsp3) is 0.235. The van der Waals surface area contributed by atoms with Crippen molar-refractivity contribution < 1.29 is 9.53 Å². The standard InChI is InChI=1S/C17H16ClN3O2/c1-5-10-6-7-11-12(8-10)21(16(22)23-17(2,3)4)15-13(11)14(18)19-9-20-15/h5-9H,1H2,2-4H3. The second-order valence-electron chi connectivity index (χ2n) is 6.16. The van der Waals surface area contributed by atoms with E-state index in [0.29, 0.717) is 21.7 Å². The predicted octanol–water partition coefficient (Wildman–Crippen LogP) is 4.66. The van der Waals surface area contributed by atoms with Crippen LogP contribution < -0.4 is 0 Å². The van der Waals surface area contributed by atoms with Crippen LogP contribution in [-0.4, -0.2) is 26.2 Å². The van der Waals surface area contributed by atoms with Gasteiger partial charge in [0.2, 0.25) is 0 Å². The van der Waals surface area contributed by atoms with Crippen LogP contribution in [-0.2, 0) is 4.74 Å². The normalized spacial score (nSPS) is 11.8. The molecule has 0 saturated carbocycles. The molecule has 0 saturated heterocycles. The molecule has 2 heterocycles. The molecular weight excluding hydrogens is 314 g/mol. The first-order valence-corrected chi connectivity index (χ1v) is 7.50. The van der Waals surface area contributed by atoms with Gasteiger partial charge >= 0.3 is 6.09 Å². The van der Waals surface area contributed by atoms with Crippen LogP contribution in [0.1, 0.15) is 26.3 Å². The van der Waals surface area contributed by atoms with E-state index in [9.17, 15) is 4.79 Å². The van der Waals surface area contributed by atoms with Crippen molar-refractivity contribution in [3.8, 4) is 0 Å². The highest BCUT2D eigenvalue weighted by atomic mass is 35.5. The molecule has 0 aliphatic heterocycles. The van der Waals surface area contributed by atoms with Crippen molar-refractivity contribution in [3.63, 3.8) is 0 Å². The molecule has 23 heavy (non-hydrogen) atoms. The molecule has 3 aromatic rings. The molecule has 5 nitrogen and oxygen atoms in total. The van der Waals surface area contributed by atoms with Crippen molar-refractivity contribution in [1.29, 1.82) is 0 Å². The lowest BCUT2D eigenvalue weighted by Gasteiger charge is -2.20. The number of carbonyl (C=O) groups is 1. The van der Waals surface area contributed by atoms with Gasteiger partial charge in [0, 0.05) is 5.39 Å². The molecule has 0 N–H and O–H groups in total. The Labute approximate surface area is 138 Å². The van der Waals surface area contributed by atoms with Gasteiger partial charge < -0.3 is 4.74 Å². The summed E-state index contributed by atoms with van der Waals surface area (Å²) in [5.41, 5.74) is 1.35. The van der Waals surface area contributed by atoms with E-state index in [1.807, 2.05) is 39.0 Å². The Kier molecular flexibility index (Phi) is 3.60. The number of hydrogen-bond donors (Lipinski definition) is 0. The van der Waals surface area contributed by atoms with Gasteiger partial charge in [0.15, 0.2) is 5.65 Å². The van der Waals surface area contributed by atoms with E-state index in [1.165, 1.54) is 10.9 Å². The third kappa shape index (κ3) is 2.68. The maximum Gasteiger partial charge on any atom is 0.420 e. The van der Waals surface area contributed by atoms with Gasteiger partial charge in [-0.05, 0) is 32.4 Å². The molecular formula is C17H16ClN3O2. The van der Waals surface area contributed by atoms with Crippen LogP contribution in [0.3, 0.4) is 0 Å². The zero-order chi connectivity index (χ0) is 16.8. The van der Waals surface area contributed by atoms with E-state index in [4.69, 9.17) is 16.3 Å². The molecule has 1 aromatic carbocycles. The number of halogens is 1. The quantitative estimate of drug-likeness (QED) is 0.609. The van der Waals surface area contributed by atoms with Crippen LogP contribution in [0, 0.1) is 0 Å². The van der Waals surface area contributed by atoms with Crippen molar-refractivity contribution in [3.05, 3.63) is 41.8 Å². The average Bonchev–Trinajstić information content (AvgIpc) is 2.79. The summed E-state index contributed by atoms with van der Waals surface area (Å²) < 4.78 is 6.93. The first kappa shape index (κ1) is 15.5. The highest BCUT2D eigenvalue weighted by Gasteiger charge is 2.24. The zero-order valence-corrected chi connectivity index (χ0v) is 13.9. The van der Waals surface area contributed by atoms with E-state index in [-0.39, 0.29) is 0 Å². The average molecular weight is 330 g/mol. The molecule has 118 valence electrons. The SMILES string of the molecule is C=Cc1ccc2c3c(Cl)ncnc3n(C(=O)OC(C)(C)C)c2c1. The summed E-state index contributed by atoms with van der Waals surface area (Å²) in [6.45, 7) is 9.21. The minimum atomic E-state index is -0.618. The Hall–Kier alpha value is -2.40. The smallest absolute Gasteiger partial charge is 0.420 e. The summed E-state index contributed by atoms with van der Waals surface area (Å²) in [5.74, 6) is 0. The van der Waals surface area contributed by atoms with Gasteiger partial charge in [-0.25, -0.2) is 19.3 Å². The Morgan fingerprint density at radius 2 is 2.09 bits per heavy atom. The summed E-state index contributed by atoms with van der Waals surface area (Å²) in [7, 11) is 0. The summed E-state index contributed by atoms with van der Waals surface area (Å²) in [6.07, 6.45) is 2.54. The lowest BCUT2D eigenvalue weighted by molar-refractivity contribution is 0.0550. The minimum Gasteiger partial charge on any atom is -0.443 e. The highest BCUT2D eigenvalue weighted by Crippen LogP contribution is 2.33. The van der Waals surface area contributed by atoms with Crippen molar-refractivity contribution in [2.24, 2.45) is 0 Å². The third-order valence-electron chi connectivity index (χ3n) is 3.34. The first-order valence-electron chi connectivity index (χ1n) is 7.12. The van der Waals surface area contributed by atoms with Crippen LogP contribution in [0.15, 0.2) is 31.1 Å². The Balaban J connectivity index is 2.38. The summed E-state index contributed by atoms with van der Waals surface area (Å²) in [5, 5.41) is 1.72. The fourth-order valence-electron chi connectivity index (χ4n) is 2.44. The van der Waals surface area contributed by atoms with Gasteiger partial charge in [-0.15, -0.1) is 0 Å². The second kappa shape index (κ2) is 5.35. The predicted molar refractivity (Wildman–Crippen MR) is 91.8 cm³/mol. The number of fused-ring (bicyclic) bond motifs is 3. The topological polar surface area (TPSA) is 57.0 Å². The second-order valence-corrected chi connectivity index (χ2v) is 6.52. The minimum absolute atomic E-state index is 0.300. The Morgan fingerprint density at radius 3 is 2.74 bits per heavy atom. The number of hydrogen-bond acceptors (Lipinski definition) is 4. The molecule has 0 unspecified atom stereocenters. The lowest BCUT2D eigenvalue weighted by atomic mass is 10.1. The van der Waals surface area contributed by atoms with Crippen LogP contribution in [0.5, 0.6) is 0 Å². The maximum absolute atomic E-state index is 12.7. The Morgan fingerprint density at radius 1 is 1.35 bits per heavy atom. The van der Waals surface area contributed by atoms with Gasteiger partial charge in [0.05, 0.1) is 10.9 Å². The van der Waals surface area contributed by atoms with E-state index < -0.39 is 11.7 Å². The molecule has 2 aromatic heterocycles. The van der Waals surface area contributed by atoms with Crippen molar-refractivity contribution in [1.82, 2.24) is 14.5 Å². The van der Waals surface area contributed by atoms with Crippen molar-refractivity contribution >= 4 is 45.7 Å². The van der Waals surface area contributed by atoms with Crippen LogP contribution in [0.25, 0.3) is 28.0 Å². The highest BCUT2D eigenvalue weighted by molar-refractivity contribution is 6.36. The number of nitrogens with zero attached hydrogens (tertiary/aromatic N) is 3. The number of carbonyl (C=O) groups excluding carboxylic acids is 1. The van der Waals surface area contributed by atoms with Gasteiger partial charge in [0.25, 0.3) is 0 Å². The third-order valence-corrected chi connectivity index (χ3v) is 3.62. The number of benzene rings is 1. The largest absolute Gasteiger partial charge is 0.443 e. The molecule has 0 bridgehead atoms. The summed E-state index contributed by atoms with van der Waals surface area (Å²) in [4.78, 5) is 20.9. The van der Waals surface area contributed by atoms with E-state index in [1.54, 1.807) is 6.08 Å². The molecule has 3 rings (SSSR count). The molecule has 0 atom stereocenters. The molecule has 0 fully saturated rings. The first-order chi connectivity index (χ1) is 10.8. The molecule has 0 spiro atoms. The molecule has 0 aliphatic carbocycles. The zero-order valence-electron chi connectivity index (χ0n) is 13.1. The molecule has 6 heteroatoms. The van der Waals surface area contributed by atoms with Gasteiger partial charge in [-0.3, -0.25) is 0 Å². The molecule has 0 aliphatic rings. The van der Waals surface area contributed by atoms with Crippen LogP contribution in [0.4, 0.5) is 4.79 Å². The summed E-state index contributed by atoms with van der Waals surface area (Å²) in [6, 6.07) is 5.63. The summed E-state index contributed by atoms with van der Waals surface area (Å²) >= 11 is 6.22. The van der Waals surface area contributed by atoms with Gasteiger partial charge in [-0.2, -0.15) is 0 Å². The number of aromatic nitrogens is 3. The van der Waals surface area contributed by atoms with Crippen LogP contribution in [0.2, 0.25) is 5.15 Å².